The maximum absolute atomic E-state index is 8.66. The number of rotatable bonds is 11. The monoisotopic (exact) mass is 368 g/mol. The van der Waals surface area contributed by atoms with Crippen LogP contribution in [0.4, 0.5) is 0 Å². The Labute approximate surface area is 169 Å². The number of imidazole rings is 1. The zero-order chi connectivity index (χ0) is 19.4. The molecule has 0 spiro atoms. The third-order valence-corrected chi connectivity index (χ3v) is 5.11. The lowest BCUT2D eigenvalue weighted by molar-refractivity contribution is 0.626. The first-order valence-corrected chi connectivity index (χ1v) is 10.2. The van der Waals surface area contributed by atoms with Crippen molar-refractivity contribution in [2.45, 2.75) is 50.9 Å². The van der Waals surface area contributed by atoms with Gasteiger partial charge >= 0.3 is 0 Å². The Morgan fingerprint density at radius 3 is 2.25 bits per heavy atom. The van der Waals surface area contributed by atoms with Crippen LogP contribution in [0, 0.1) is 11.3 Å². The van der Waals surface area contributed by atoms with Gasteiger partial charge in [0.1, 0.15) is 0 Å². The summed E-state index contributed by atoms with van der Waals surface area (Å²) in [6.45, 7) is 0.935. The van der Waals surface area contributed by atoms with E-state index in [0.717, 1.165) is 44.3 Å². The van der Waals surface area contributed by atoms with Crippen molar-refractivity contribution in [2.24, 2.45) is 0 Å². The van der Waals surface area contributed by atoms with E-state index < -0.39 is 0 Å². The summed E-state index contributed by atoms with van der Waals surface area (Å²) in [5.74, 6) is 0.432. The number of hydrogen-bond donors (Lipinski definition) is 0. The molecule has 3 aromatic rings. The van der Waals surface area contributed by atoms with E-state index in [-0.39, 0.29) is 0 Å². The fourth-order valence-electron chi connectivity index (χ4n) is 3.64. The van der Waals surface area contributed by atoms with Crippen molar-refractivity contribution in [1.29, 1.82) is 5.26 Å². The Bertz CT molecular complexity index is 813. The van der Waals surface area contributed by atoms with Crippen LogP contribution >= 0.6 is 0 Å². The van der Waals surface area contributed by atoms with Crippen LogP contribution in [-0.4, -0.2) is 16.8 Å². The normalized spacial score (nSPS) is 10.7. The molecule has 4 heteroatoms. The third-order valence-electron chi connectivity index (χ3n) is 5.11. The number of hydrogen-bond acceptors (Lipinski definition) is 2. The van der Waals surface area contributed by atoms with Gasteiger partial charge in [0.15, 0.2) is 0 Å². The Balaban J connectivity index is 1.53. The summed E-state index contributed by atoms with van der Waals surface area (Å²) in [4.78, 5) is 4.49. The first kappa shape index (κ1) is 20.0. The average Bonchev–Trinajstić information content (AvgIpc) is 3.20. The lowest BCUT2D eigenvalue weighted by atomic mass is 9.70. The highest BCUT2D eigenvalue weighted by molar-refractivity contribution is 6.51. The zero-order valence-electron chi connectivity index (χ0n) is 16.4. The minimum atomic E-state index is 0.432. The molecule has 0 aliphatic rings. The van der Waals surface area contributed by atoms with Crippen molar-refractivity contribution in [3.63, 3.8) is 0 Å². The van der Waals surface area contributed by atoms with E-state index in [9.17, 15) is 0 Å². The molecule has 0 amide bonds. The molecule has 0 saturated carbocycles. The number of aromatic nitrogens is 2. The largest absolute Gasteiger partial charge is 0.343 e. The molecular formula is C24H27BN3. The smallest absolute Gasteiger partial charge is 0.201 e. The fraction of sp³-hybridized carbons (Fsp3) is 0.333. The summed E-state index contributed by atoms with van der Waals surface area (Å²) in [6.07, 6.45) is 9.77. The average molecular weight is 368 g/mol. The topological polar surface area (TPSA) is 41.6 Å². The SMILES string of the molecule is N#CCCCCn1ccnc1[B]CCCC(c1ccccc1)c1ccccc1. The molecule has 3 rings (SSSR count). The molecule has 0 N–H and O–H groups in total. The minimum absolute atomic E-state index is 0.432. The molecule has 1 heterocycles. The first-order chi connectivity index (χ1) is 13.9. The van der Waals surface area contributed by atoms with Crippen LogP contribution in [0.3, 0.4) is 0 Å². The highest BCUT2D eigenvalue weighted by atomic mass is 15.0. The standard InChI is InChI=1S/C24H27BN3/c26-17-8-3-9-19-28-20-18-27-24(28)25-16-10-15-23(21-11-4-1-5-12-21)22-13-6-2-7-14-22/h1-2,4-7,11-14,18,20,23H,3,8-10,15-16,19H2. The number of aryl methyl sites for hydroxylation is 1. The fourth-order valence-corrected chi connectivity index (χ4v) is 3.64. The Morgan fingerprint density at radius 2 is 1.61 bits per heavy atom. The molecule has 141 valence electrons. The van der Waals surface area contributed by atoms with E-state index in [2.05, 4.69) is 83.6 Å². The van der Waals surface area contributed by atoms with Gasteiger partial charge < -0.3 is 4.57 Å². The van der Waals surface area contributed by atoms with Crippen LogP contribution < -0.4 is 5.72 Å². The van der Waals surface area contributed by atoms with E-state index >= 15 is 0 Å². The van der Waals surface area contributed by atoms with Crippen molar-refractivity contribution in [3.05, 3.63) is 84.2 Å². The Hall–Kier alpha value is -2.80. The van der Waals surface area contributed by atoms with E-state index in [1.807, 2.05) is 12.4 Å². The van der Waals surface area contributed by atoms with E-state index in [1.54, 1.807) is 0 Å². The summed E-state index contributed by atoms with van der Waals surface area (Å²) in [6, 6.07) is 23.8. The molecule has 0 fully saturated rings. The first-order valence-electron chi connectivity index (χ1n) is 10.2. The van der Waals surface area contributed by atoms with Crippen LogP contribution in [0.25, 0.3) is 0 Å². The van der Waals surface area contributed by atoms with Crippen LogP contribution in [0.1, 0.15) is 49.1 Å². The molecule has 2 aromatic carbocycles. The predicted octanol–water partition coefficient (Wildman–Crippen LogP) is 4.94. The van der Waals surface area contributed by atoms with Gasteiger partial charge in [-0.25, -0.2) is 0 Å². The van der Waals surface area contributed by atoms with Gasteiger partial charge in [0.25, 0.3) is 0 Å². The number of nitriles is 1. The summed E-state index contributed by atoms with van der Waals surface area (Å²) in [5.41, 5.74) is 3.81. The molecule has 0 saturated heterocycles. The van der Waals surface area contributed by atoms with Crippen LogP contribution in [-0.2, 0) is 6.54 Å². The van der Waals surface area contributed by atoms with Crippen molar-refractivity contribution < 1.29 is 0 Å². The summed E-state index contributed by atoms with van der Waals surface area (Å²) < 4.78 is 2.20. The molecule has 0 bridgehead atoms. The van der Waals surface area contributed by atoms with Gasteiger partial charge in [-0.2, -0.15) is 5.26 Å². The van der Waals surface area contributed by atoms with Crippen LogP contribution in [0.5, 0.6) is 0 Å². The van der Waals surface area contributed by atoms with Gasteiger partial charge in [-0.05, 0) is 30.4 Å². The number of benzene rings is 2. The molecular weight excluding hydrogens is 341 g/mol. The second-order valence-electron chi connectivity index (χ2n) is 7.10. The van der Waals surface area contributed by atoms with Crippen LogP contribution in [0.15, 0.2) is 73.1 Å². The maximum atomic E-state index is 8.66. The Kier molecular flexibility index (Phi) is 7.94. The Morgan fingerprint density at radius 1 is 0.929 bits per heavy atom. The van der Waals surface area contributed by atoms with Crippen LogP contribution in [0.2, 0.25) is 6.32 Å². The molecule has 1 radical (unpaired) electrons. The van der Waals surface area contributed by atoms with E-state index in [0.29, 0.717) is 12.3 Å². The van der Waals surface area contributed by atoms with Gasteiger partial charge in [0.2, 0.25) is 7.28 Å². The van der Waals surface area contributed by atoms with Crippen molar-refractivity contribution in [3.8, 4) is 6.07 Å². The lowest BCUT2D eigenvalue weighted by Crippen LogP contribution is -2.26. The summed E-state index contributed by atoms with van der Waals surface area (Å²) in [7, 11) is 2.25. The van der Waals surface area contributed by atoms with Crippen molar-refractivity contribution in [2.75, 3.05) is 0 Å². The molecule has 0 aliphatic heterocycles. The maximum Gasteiger partial charge on any atom is 0.201 e. The molecule has 1 aromatic heterocycles. The van der Waals surface area contributed by atoms with Crippen molar-refractivity contribution >= 4 is 13.0 Å². The van der Waals surface area contributed by atoms with Gasteiger partial charge in [0.05, 0.1) is 11.8 Å². The van der Waals surface area contributed by atoms with Gasteiger partial charge in [-0.15, -0.1) is 0 Å². The quantitative estimate of drug-likeness (QED) is 0.355. The van der Waals surface area contributed by atoms with E-state index in [4.69, 9.17) is 5.26 Å². The van der Waals surface area contributed by atoms with Gasteiger partial charge in [-0.3, -0.25) is 4.98 Å². The molecule has 3 nitrogen and oxygen atoms in total. The summed E-state index contributed by atoms with van der Waals surface area (Å²) in [5, 5.41) is 8.66. The highest BCUT2D eigenvalue weighted by Gasteiger charge is 2.14. The minimum Gasteiger partial charge on any atom is -0.343 e. The zero-order valence-corrected chi connectivity index (χ0v) is 16.4. The molecule has 28 heavy (non-hydrogen) atoms. The van der Waals surface area contributed by atoms with Gasteiger partial charge in [0, 0.05) is 31.3 Å². The van der Waals surface area contributed by atoms with Gasteiger partial charge in [-0.1, -0.05) is 73.4 Å². The highest BCUT2D eigenvalue weighted by Crippen LogP contribution is 2.29. The lowest BCUT2D eigenvalue weighted by Gasteiger charge is -2.18. The molecule has 0 aliphatic carbocycles. The third kappa shape index (κ3) is 5.86. The number of nitrogens with zero attached hydrogens (tertiary/aromatic N) is 3. The molecule has 0 atom stereocenters. The number of unbranched alkanes of at least 4 members (excludes halogenated alkanes) is 2. The second kappa shape index (κ2) is 11.1. The van der Waals surface area contributed by atoms with Crippen molar-refractivity contribution in [1.82, 2.24) is 9.55 Å². The summed E-state index contributed by atoms with van der Waals surface area (Å²) >= 11 is 0. The predicted molar refractivity (Wildman–Crippen MR) is 116 cm³/mol. The van der Waals surface area contributed by atoms with E-state index in [1.165, 1.54) is 11.1 Å². The molecule has 0 unspecified atom stereocenters. The second-order valence-corrected chi connectivity index (χ2v) is 7.10.